The maximum Gasteiger partial charge on any atom is 0.323 e. The predicted octanol–water partition coefficient (Wildman–Crippen LogP) is 2.97. The van der Waals surface area contributed by atoms with Gasteiger partial charge in [0.15, 0.2) is 0 Å². The molecule has 0 amide bonds. The summed E-state index contributed by atoms with van der Waals surface area (Å²) in [6.45, 7) is 2.84. The van der Waals surface area contributed by atoms with E-state index in [1.165, 1.54) is 4.88 Å². The van der Waals surface area contributed by atoms with Crippen molar-refractivity contribution in [1.29, 1.82) is 0 Å². The first-order valence-corrected chi connectivity index (χ1v) is 7.10. The van der Waals surface area contributed by atoms with Crippen molar-refractivity contribution in [2.45, 2.75) is 26.1 Å². The molecule has 0 saturated carbocycles. The standard InChI is InChI=1S/C15H17NO2S/c1-12(16-10-14-8-5-9-19-14)15(17)18-11-13-6-3-2-4-7-13/h2-9,12,16H,10-11H2,1H3/t12-/m1/s1. The number of ether oxygens (including phenoxy) is 1. The topological polar surface area (TPSA) is 38.3 Å². The molecule has 2 aromatic rings. The summed E-state index contributed by atoms with van der Waals surface area (Å²) in [7, 11) is 0. The van der Waals surface area contributed by atoms with Crippen molar-refractivity contribution in [3.05, 3.63) is 58.3 Å². The molecule has 0 spiro atoms. The Balaban J connectivity index is 1.73. The van der Waals surface area contributed by atoms with E-state index in [1.807, 2.05) is 54.8 Å². The molecule has 19 heavy (non-hydrogen) atoms. The average Bonchev–Trinajstić information content (AvgIpc) is 2.96. The third-order valence-electron chi connectivity index (χ3n) is 2.74. The highest BCUT2D eigenvalue weighted by molar-refractivity contribution is 7.09. The fourth-order valence-corrected chi connectivity index (χ4v) is 2.26. The van der Waals surface area contributed by atoms with Crippen LogP contribution in [-0.4, -0.2) is 12.0 Å². The van der Waals surface area contributed by atoms with Gasteiger partial charge in [-0.15, -0.1) is 11.3 Å². The quantitative estimate of drug-likeness (QED) is 0.824. The van der Waals surface area contributed by atoms with E-state index >= 15 is 0 Å². The molecule has 3 nitrogen and oxygen atoms in total. The van der Waals surface area contributed by atoms with Crippen molar-refractivity contribution in [3.63, 3.8) is 0 Å². The van der Waals surface area contributed by atoms with Gasteiger partial charge in [0, 0.05) is 11.4 Å². The Morgan fingerprint density at radius 1 is 1.26 bits per heavy atom. The molecule has 0 radical (unpaired) electrons. The lowest BCUT2D eigenvalue weighted by Crippen LogP contribution is -2.34. The number of nitrogens with one attached hydrogen (secondary N) is 1. The molecule has 100 valence electrons. The molecule has 1 aromatic heterocycles. The van der Waals surface area contributed by atoms with Crippen molar-refractivity contribution < 1.29 is 9.53 Å². The first kappa shape index (κ1) is 13.8. The molecule has 0 aliphatic rings. The molecule has 1 heterocycles. The summed E-state index contributed by atoms with van der Waals surface area (Å²) in [4.78, 5) is 13.0. The van der Waals surface area contributed by atoms with Crippen LogP contribution < -0.4 is 5.32 Å². The van der Waals surface area contributed by atoms with Crippen LogP contribution in [0, 0.1) is 0 Å². The first-order chi connectivity index (χ1) is 9.25. The summed E-state index contributed by atoms with van der Waals surface area (Å²) in [6, 6.07) is 13.4. The summed E-state index contributed by atoms with van der Waals surface area (Å²) in [5.74, 6) is -0.222. The number of esters is 1. The van der Waals surface area contributed by atoms with Gasteiger partial charge in [-0.3, -0.25) is 10.1 Å². The fraction of sp³-hybridized carbons (Fsp3) is 0.267. The highest BCUT2D eigenvalue weighted by atomic mass is 32.1. The molecule has 0 unspecified atom stereocenters. The van der Waals surface area contributed by atoms with Gasteiger partial charge in [-0.05, 0) is 23.9 Å². The van der Waals surface area contributed by atoms with Crippen LogP contribution in [0.1, 0.15) is 17.4 Å². The second-order valence-electron chi connectivity index (χ2n) is 4.28. The Morgan fingerprint density at radius 3 is 2.74 bits per heavy atom. The second-order valence-corrected chi connectivity index (χ2v) is 5.31. The van der Waals surface area contributed by atoms with Crippen molar-refractivity contribution in [2.24, 2.45) is 0 Å². The van der Waals surface area contributed by atoms with E-state index < -0.39 is 0 Å². The minimum absolute atomic E-state index is 0.222. The fourth-order valence-electron chi connectivity index (χ4n) is 1.60. The number of carbonyl (C=O) groups is 1. The molecule has 0 aliphatic heterocycles. The predicted molar refractivity (Wildman–Crippen MR) is 76.9 cm³/mol. The van der Waals surface area contributed by atoms with E-state index in [4.69, 9.17) is 4.74 Å². The van der Waals surface area contributed by atoms with Gasteiger partial charge in [-0.2, -0.15) is 0 Å². The first-order valence-electron chi connectivity index (χ1n) is 6.22. The van der Waals surface area contributed by atoms with Crippen LogP contribution in [0.15, 0.2) is 47.8 Å². The van der Waals surface area contributed by atoms with Gasteiger partial charge in [0.1, 0.15) is 12.6 Å². The Bertz CT molecular complexity index is 496. The van der Waals surface area contributed by atoms with E-state index in [2.05, 4.69) is 5.32 Å². The summed E-state index contributed by atoms with van der Waals surface area (Å²) >= 11 is 1.67. The van der Waals surface area contributed by atoms with Gasteiger partial charge in [0.25, 0.3) is 0 Å². The van der Waals surface area contributed by atoms with E-state index in [-0.39, 0.29) is 12.0 Å². The highest BCUT2D eigenvalue weighted by Gasteiger charge is 2.13. The van der Waals surface area contributed by atoms with Crippen LogP contribution in [0.25, 0.3) is 0 Å². The lowest BCUT2D eigenvalue weighted by Gasteiger charge is -2.12. The molecule has 1 aromatic carbocycles. The highest BCUT2D eigenvalue weighted by Crippen LogP contribution is 2.08. The van der Waals surface area contributed by atoms with Crippen molar-refractivity contribution >= 4 is 17.3 Å². The van der Waals surface area contributed by atoms with E-state index in [0.29, 0.717) is 13.2 Å². The summed E-state index contributed by atoms with van der Waals surface area (Å²) in [5, 5.41) is 5.18. The zero-order valence-corrected chi connectivity index (χ0v) is 11.7. The zero-order valence-electron chi connectivity index (χ0n) is 10.8. The van der Waals surface area contributed by atoms with Gasteiger partial charge in [0.2, 0.25) is 0 Å². The lowest BCUT2D eigenvalue weighted by atomic mass is 10.2. The van der Waals surface area contributed by atoms with Gasteiger partial charge >= 0.3 is 5.97 Å². The van der Waals surface area contributed by atoms with Crippen LogP contribution >= 0.6 is 11.3 Å². The monoisotopic (exact) mass is 275 g/mol. The third kappa shape index (κ3) is 4.50. The largest absolute Gasteiger partial charge is 0.460 e. The van der Waals surface area contributed by atoms with Gasteiger partial charge < -0.3 is 4.74 Å². The Morgan fingerprint density at radius 2 is 2.05 bits per heavy atom. The summed E-state index contributed by atoms with van der Waals surface area (Å²) in [5.41, 5.74) is 1.00. The molecular weight excluding hydrogens is 258 g/mol. The van der Waals surface area contributed by atoms with Crippen LogP contribution in [-0.2, 0) is 22.7 Å². The number of carbonyl (C=O) groups excluding carboxylic acids is 1. The normalized spacial score (nSPS) is 12.1. The Kier molecular flexibility index (Phi) is 5.12. The number of benzene rings is 1. The molecule has 0 fully saturated rings. The Hall–Kier alpha value is -1.65. The molecule has 2 rings (SSSR count). The van der Waals surface area contributed by atoms with Crippen molar-refractivity contribution in [2.75, 3.05) is 0 Å². The van der Waals surface area contributed by atoms with Crippen LogP contribution in [0.2, 0.25) is 0 Å². The molecule has 0 bridgehead atoms. The smallest absolute Gasteiger partial charge is 0.323 e. The number of hydrogen-bond acceptors (Lipinski definition) is 4. The maximum absolute atomic E-state index is 11.8. The van der Waals surface area contributed by atoms with Crippen molar-refractivity contribution in [3.8, 4) is 0 Å². The minimum atomic E-state index is -0.300. The van der Waals surface area contributed by atoms with E-state index in [0.717, 1.165) is 5.56 Å². The number of thiophene rings is 1. The minimum Gasteiger partial charge on any atom is -0.460 e. The van der Waals surface area contributed by atoms with E-state index in [1.54, 1.807) is 11.3 Å². The summed E-state index contributed by atoms with van der Waals surface area (Å²) < 4.78 is 5.26. The molecule has 0 saturated heterocycles. The van der Waals surface area contributed by atoms with Gasteiger partial charge in [0.05, 0.1) is 0 Å². The summed E-state index contributed by atoms with van der Waals surface area (Å²) in [6.07, 6.45) is 0. The van der Waals surface area contributed by atoms with Gasteiger partial charge in [-0.1, -0.05) is 36.4 Å². The zero-order chi connectivity index (χ0) is 13.5. The molecule has 4 heteroatoms. The molecular formula is C15H17NO2S. The Labute approximate surface area is 117 Å². The second kappa shape index (κ2) is 7.07. The lowest BCUT2D eigenvalue weighted by molar-refractivity contribution is -0.147. The maximum atomic E-state index is 11.8. The van der Waals surface area contributed by atoms with Crippen LogP contribution in [0.3, 0.4) is 0 Å². The molecule has 1 N–H and O–H groups in total. The third-order valence-corrected chi connectivity index (χ3v) is 3.62. The van der Waals surface area contributed by atoms with E-state index in [9.17, 15) is 4.79 Å². The van der Waals surface area contributed by atoms with Crippen LogP contribution in [0.5, 0.6) is 0 Å². The average molecular weight is 275 g/mol. The van der Waals surface area contributed by atoms with Crippen LogP contribution in [0.4, 0.5) is 0 Å². The van der Waals surface area contributed by atoms with Crippen molar-refractivity contribution in [1.82, 2.24) is 5.32 Å². The number of hydrogen-bond donors (Lipinski definition) is 1. The molecule has 0 aliphatic carbocycles. The SMILES string of the molecule is C[C@@H](NCc1cccs1)C(=O)OCc1ccccc1. The number of rotatable bonds is 6. The molecule has 1 atom stereocenters. The van der Waals surface area contributed by atoms with Gasteiger partial charge in [-0.25, -0.2) is 0 Å².